The van der Waals surface area contributed by atoms with Gasteiger partial charge in [0.25, 0.3) is 0 Å². The first-order chi connectivity index (χ1) is 7.09. The molecule has 84 valence electrons. The molecule has 1 aliphatic rings. The zero-order valence-electron chi connectivity index (χ0n) is 8.56. The van der Waals surface area contributed by atoms with Crippen LogP contribution in [0.5, 0.6) is 0 Å². The van der Waals surface area contributed by atoms with Crippen LogP contribution < -0.4 is 0 Å². The van der Waals surface area contributed by atoms with Gasteiger partial charge in [-0.1, -0.05) is 25.3 Å². The van der Waals surface area contributed by atoms with Gasteiger partial charge in [-0.15, -0.1) is 0 Å². The summed E-state index contributed by atoms with van der Waals surface area (Å²) < 4.78 is 10.6. The first kappa shape index (κ1) is 12.3. The first-order valence-corrected chi connectivity index (χ1v) is 6.57. The van der Waals surface area contributed by atoms with Crippen molar-refractivity contribution in [2.45, 2.75) is 32.1 Å². The maximum Gasteiger partial charge on any atom is 0.510 e. The number of carboxylic acids is 1. The number of hydrogen-bond donors (Lipinski definition) is 2. The molecule has 0 radical (unpaired) electrons. The molecular weight excluding hydrogens is 215 g/mol. The molecule has 1 aliphatic carbocycles. The van der Waals surface area contributed by atoms with Crippen molar-refractivity contribution >= 4 is 14.0 Å². The lowest BCUT2D eigenvalue weighted by Crippen LogP contribution is -2.09. The first-order valence-electron chi connectivity index (χ1n) is 5.17. The van der Waals surface area contributed by atoms with Gasteiger partial charge in [0.1, 0.15) is 0 Å². The smallest absolute Gasteiger partial charge is 0.478 e. The van der Waals surface area contributed by atoms with Crippen LogP contribution in [0.15, 0.2) is 11.6 Å². The maximum absolute atomic E-state index is 10.8. The Bertz CT molecular complexity index is 279. The van der Waals surface area contributed by atoms with Crippen LogP contribution in [0, 0.1) is 5.92 Å². The van der Waals surface area contributed by atoms with Gasteiger partial charge in [0.15, 0.2) is 0 Å². The van der Waals surface area contributed by atoms with Crippen LogP contribution in [0.4, 0.5) is 0 Å². The lowest BCUT2D eigenvalue weighted by Gasteiger charge is -2.18. The number of carbonyl (C=O) groups is 1. The van der Waals surface area contributed by atoms with Crippen LogP contribution in [-0.2, 0) is 9.36 Å². The number of allylic oxidation sites excluding steroid dienone is 1. The average molecular weight is 231 g/mol. The monoisotopic (exact) mass is 231 g/mol. The van der Waals surface area contributed by atoms with Gasteiger partial charge in [-0.25, -0.2) is 4.79 Å². The van der Waals surface area contributed by atoms with Crippen LogP contribution in [-0.4, -0.2) is 22.1 Å². The topological polar surface area (TPSA) is 74.6 Å². The number of hydrogen-bond acceptors (Lipinski definition) is 2. The molecule has 5 heteroatoms. The summed E-state index contributed by atoms with van der Waals surface area (Å²) >= 11 is 0. The molecule has 1 unspecified atom stereocenters. The van der Waals surface area contributed by atoms with Gasteiger partial charge in [-0.05, 0) is 23.3 Å². The van der Waals surface area contributed by atoms with Crippen LogP contribution >= 0.6 is 8.03 Å². The summed E-state index contributed by atoms with van der Waals surface area (Å²) in [4.78, 5) is 19.5. The molecule has 0 aromatic rings. The van der Waals surface area contributed by atoms with Gasteiger partial charge in [-0.3, -0.25) is 0 Å². The molecule has 15 heavy (non-hydrogen) atoms. The highest BCUT2D eigenvalue weighted by Crippen LogP contribution is 2.27. The molecule has 0 spiro atoms. The standard InChI is InChI=1S/C10H15O4P/c11-10(12)9(7-15(13)14)6-8-4-2-1-3-5-8/h6,8H,1-5,7H2,(H-,11,12,13,14)/p+1/b9-6+. The highest BCUT2D eigenvalue weighted by atomic mass is 31.1. The molecular formula is C10H16O4P+. The van der Waals surface area contributed by atoms with E-state index in [-0.39, 0.29) is 17.7 Å². The molecule has 1 saturated carbocycles. The normalized spacial score (nSPS) is 20.1. The third-order valence-electron chi connectivity index (χ3n) is 2.67. The molecule has 1 rings (SSSR count). The van der Waals surface area contributed by atoms with Gasteiger partial charge in [0.05, 0.1) is 5.57 Å². The minimum absolute atomic E-state index is 0.0884. The summed E-state index contributed by atoms with van der Waals surface area (Å²) in [7, 11) is -2.40. The van der Waals surface area contributed by atoms with Crippen molar-refractivity contribution in [2.75, 3.05) is 6.16 Å². The molecule has 0 bridgehead atoms. The minimum Gasteiger partial charge on any atom is -0.478 e. The Morgan fingerprint density at radius 3 is 2.40 bits per heavy atom. The third-order valence-corrected chi connectivity index (χ3v) is 3.28. The van der Waals surface area contributed by atoms with Crippen LogP contribution in [0.1, 0.15) is 32.1 Å². The van der Waals surface area contributed by atoms with Gasteiger partial charge in [0, 0.05) is 0 Å². The van der Waals surface area contributed by atoms with E-state index in [2.05, 4.69) is 0 Å². The Balaban J connectivity index is 2.64. The summed E-state index contributed by atoms with van der Waals surface area (Å²) in [6, 6.07) is 0. The van der Waals surface area contributed by atoms with E-state index in [1.165, 1.54) is 6.42 Å². The van der Waals surface area contributed by atoms with Crippen LogP contribution in [0.25, 0.3) is 0 Å². The number of aliphatic carboxylic acids is 1. The van der Waals surface area contributed by atoms with E-state index < -0.39 is 14.0 Å². The van der Waals surface area contributed by atoms with Crippen molar-refractivity contribution in [3.63, 3.8) is 0 Å². The second-order valence-electron chi connectivity index (χ2n) is 3.91. The molecule has 2 N–H and O–H groups in total. The van der Waals surface area contributed by atoms with Gasteiger partial charge in [-0.2, -0.15) is 4.89 Å². The lowest BCUT2D eigenvalue weighted by molar-refractivity contribution is -0.132. The van der Waals surface area contributed by atoms with E-state index in [9.17, 15) is 9.36 Å². The van der Waals surface area contributed by atoms with Crippen molar-refractivity contribution in [2.24, 2.45) is 5.92 Å². The summed E-state index contributed by atoms with van der Waals surface area (Å²) in [6.45, 7) is 0. The highest BCUT2D eigenvalue weighted by Gasteiger charge is 2.22. The SMILES string of the molecule is O=C(O)/C(=C/C1CCCCC1)C[P+](=O)O. The van der Waals surface area contributed by atoms with E-state index in [1.54, 1.807) is 6.08 Å². The van der Waals surface area contributed by atoms with Gasteiger partial charge < -0.3 is 5.11 Å². The Morgan fingerprint density at radius 1 is 1.33 bits per heavy atom. The summed E-state index contributed by atoms with van der Waals surface area (Å²) in [6.07, 6.45) is 6.89. The number of carboxylic acid groups (broad SMARTS) is 1. The molecule has 1 fully saturated rings. The second kappa shape index (κ2) is 5.99. The molecule has 4 nitrogen and oxygen atoms in total. The summed E-state index contributed by atoms with van der Waals surface area (Å²) in [5.41, 5.74) is 0.0884. The average Bonchev–Trinajstić information content (AvgIpc) is 2.17. The molecule has 0 aromatic heterocycles. The minimum atomic E-state index is -2.40. The zero-order chi connectivity index (χ0) is 11.3. The molecule has 1 atom stereocenters. The molecule has 0 saturated heterocycles. The zero-order valence-corrected chi connectivity index (χ0v) is 9.45. The van der Waals surface area contributed by atoms with E-state index in [4.69, 9.17) is 10.00 Å². The summed E-state index contributed by atoms with van der Waals surface area (Å²) in [5.74, 6) is -0.794. The van der Waals surface area contributed by atoms with E-state index in [0.717, 1.165) is 25.7 Å². The predicted molar refractivity (Wildman–Crippen MR) is 57.0 cm³/mol. The van der Waals surface area contributed by atoms with Crippen molar-refractivity contribution in [3.05, 3.63) is 11.6 Å². The Kier molecular flexibility index (Phi) is 4.92. The maximum atomic E-state index is 10.8. The Morgan fingerprint density at radius 2 is 1.93 bits per heavy atom. The van der Waals surface area contributed by atoms with Crippen molar-refractivity contribution in [1.29, 1.82) is 0 Å². The highest BCUT2D eigenvalue weighted by molar-refractivity contribution is 7.38. The van der Waals surface area contributed by atoms with Crippen LogP contribution in [0.3, 0.4) is 0 Å². The molecule has 0 heterocycles. The van der Waals surface area contributed by atoms with Gasteiger partial charge >= 0.3 is 14.0 Å². The molecule has 0 amide bonds. The fraction of sp³-hybridized carbons (Fsp3) is 0.700. The van der Waals surface area contributed by atoms with E-state index in [1.807, 2.05) is 0 Å². The lowest BCUT2D eigenvalue weighted by atomic mass is 9.88. The van der Waals surface area contributed by atoms with Crippen molar-refractivity contribution in [3.8, 4) is 0 Å². The molecule has 0 aliphatic heterocycles. The van der Waals surface area contributed by atoms with Crippen molar-refractivity contribution in [1.82, 2.24) is 0 Å². The Hall–Kier alpha value is -0.730. The largest absolute Gasteiger partial charge is 0.510 e. The van der Waals surface area contributed by atoms with E-state index in [0.29, 0.717) is 0 Å². The predicted octanol–water partition coefficient (Wildman–Crippen LogP) is 2.31. The van der Waals surface area contributed by atoms with Gasteiger partial charge in [0.2, 0.25) is 6.16 Å². The molecule has 0 aromatic carbocycles. The van der Waals surface area contributed by atoms with E-state index >= 15 is 0 Å². The summed E-state index contributed by atoms with van der Waals surface area (Å²) in [5, 5.41) is 8.84. The number of rotatable bonds is 4. The second-order valence-corrected chi connectivity index (χ2v) is 4.93. The fourth-order valence-corrected chi connectivity index (χ4v) is 2.45. The van der Waals surface area contributed by atoms with Crippen LogP contribution in [0.2, 0.25) is 0 Å². The quantitative estimate of drug-likeness (QED) is 0.575. The van der Waals surface area contributed by atoms with Crippen molar-refractivity contribution < 1.29 is 19.4 Å². The Labute approximate surface area is 89.9 Å². The third kappa shape index (κ3) is 4.54. The fourth-order valence-electron chi connectivity index (χ4n) is 1.92.